The maximum Gasteiger partial charge on any atom is 0.240 e. The van der Waals surface area contributed by atoms with Crippen molar-refractivity contribution < 1.29 is 13.5 Å². The summed E-state index contributed by atoms with van der Waals surface area (Å²) >= 11 is 0. The highest BCUT2D eigenvalue weighted by Gasteiger charge is 2.13. The Labute approximate surface area is 137 Å². The number of aliphatic hydroxyl groups is 1. The summed E-state index contributed by atoms with van der Waals surface area (Å²) in [6.07, 6.45) is 0.639. The van der Waals surface area contributed by atoms with Crippen molar-refractivity contribution in [2.24, 2.45) is 0 Å². The minimum Gasteiger partial charge on any atom is -0.396 e. The Bertz CT molecular complexity index is 743. The number of sulfonamides is 1. The summed E-state index contributed by atoms with van der Waals surface area (Å²) in [6.45, 7) is 2.11. The van der Waals surface area contributed by atoms with Crippen molar-refractivity contribution in [2.45, 2.75) is 24.3 Å². The van der Waals surface area contributed by atoms with Crippen molar-refractivity contribution >= 4 is 15.7 Å². The van der Waals surface area contributed by atoms with Gasteiger partial charge in [-0.2, -0.15) is 0 Å². The van der Waals surface area contributed by atoms with E-state index in [1.54, 1.807) is 18.2 Å². The van der Waals surface area contributed by atoms with Gasteiger partial charge in [-0.1, -0.05) is 24.3 Å². The highest BCUT2D eigenvalue weighted by Crippen LogP contribution is 2.22. The molecular weight excluding hydrogens is 312 g/mol. The molecule has 3 N–H and O–H groups in total. The number of nitrogens with one attached hydrogen (secondary N) is 2. The van der Waals surface area contributed by atoms with Crippen molar-refractivity contribution in [3.63, 3.8) is 0 Å². The van der Waals surface area contributed by atoms with Crippen LogP contribution < -0.4 is 10.0 Å². The monoisotopic (exact) mass is 334 g/mol. The van der Waals surface area contributed by atoms with Crippen molar-refractivity contribution in [2.75, 3.05) is 19.0 Å². The van der Waals surface area contributed by atoms with Crippen molar-refractivity contribution in [3.8, 4) is 0 Å². The molecule has 0 amide bonds. The molecule has 0 saturated heterocycles. The number of rotatable bonds is 7. The summed E-state index contributed by atoms with van der Waals surface area (Å²) in [4.78, 5) is 0.254. The smallest absolute Gasteiger partial charge is 0.240 e. The molecule has 23 heavy (non-hydrogen) atoms. The standard InChI is InChI=1S/C17H22N2O3S/c1-13(19-16-8-6-14(7-9-16)10-11-20)15-4-3-5-17(12-15)23(21,22)18-2/h3-9,12-13,18-20H,10-11H2,1-2H3. The summed E-state index contributed by atoms with van der Waals surface area (Å²) in [6, 6.07) is 14.7. The molecule has 0 radical (unpaired) electrons. The fraction of sp³-hybridized carbons (Fsp3) is 0.294. The maximum absolute atomic E-state index is 11.9. The molecule has 0 saturated carbocycles. The fourth-order valence-electron chi connectivity index (χ4n) is 2.30. The van der Waals surface area contributed by atoms with Gasteiger partial charge in [0.2, 0.25) is 10.0 Å². The van der Waals surface area contributed by atoms with Crippen molar-refractivity contribution in [1.82, 2.24) is 4.72 Å². The van der Waals surface area contributed by atoms with Crippen LogP contribution in [0.3, 0.4) is 0 Å². The van der Waals surface area contributed by atoms with E-state index in [0.29, 0.717) is 6.42 Å². The Morgan fingerprint density at radius 3 is 2.43 bits per heavy atom. The van der Waals surface area contributed by atoms with E-state index in [4.69, 9.17) is 5.11 Å². The molecule has 1 unspecified atom stereocenters. The summed E-state index contributed by atoms with van der Waals surface area (Å²) in [7, 11) is -2.04. The Kier molecular flexibility index (Phi) is 5.76. The molecule has 0 aliphatic carbocycles. The number of aliphatic hydroxyl groups excluding tert-OH is 1. The van der Waals surface area contributed by atoms with Crippen LogP contribution in [0.2, 0.25) is 0 Å². The van der Waals surface area contributed by atoms with Gasteiger partial charge in [0.1, 0.15) is 0 Å². The van der Waals surface area contributed by atoms with Crippen molar-refractivity contribution in [1.29, 1.82) is 0 Å². The van der Waals surface area contributed by atoms with Crippen LogP contribution in [0.25, 0.3) is 0 Å². The van der Waals surface area contributed by atoms with Gasteiger partial charge in [0.15, 0.2) is 0 Å². The molecule has 1 atom stereocenters. The Balaban J connectivity index is 2.14. The highest BCUT2D eigenvalue weighted by atomic mass is 32.2. The molecule has 0 fully saturated rings. The number of hydrogen-bond acceptors (Lipinski definition) is 4. The summed E-state index contributed by atoms with van der Waals surface area (Å²) in [5.41, 5.74) is 2.91. The summed E-state index contributed by atoms with van der Waals surface area (Å²) in [5.74, 6) is 0. The van der Waals surface area contributed by atoms with Gasteiger partial charge in [-0.05, 0) is 55.8 Å². The molecule has 124 valence electrons. The van der Waals surface area contributed by atoms with Crippen molar-refractivity contribution in [3.05, 3.63) is 59.7 Å². The Hall–Kier alpha value is -1.89. The first-order chi connectivity index (χ1) is 11.0. The third-order valence-corrected chi connectivity index (χ3v) is 5.09. The second-order valence-electron chi connectivity index (χ2n) is 5.32. The molecule has 0 heterocycles. The molecular formula is C17H22N2O3S. The predicted octanol–water partition coefficient (Wildman–Crippen LogP) is 2.30. The molecule has 2 rings (SSSR count). The van der Waals surface area contributed by atoms with Gasteiger partial charge in [-0.25, -0.2) is 13.1 Å². The lowest BCUT2D eigenvalue weighted by atomic mass is 10.1. The molecule has 0 spiro atoms. The first-order valence-electron chi connectivity index (χ1n) is 7.46. The van der Waals surface area contributed by atoms with Gasteiger partial charge in [-0.3, -0.25) is 0 Å². The molecule has 0 aliphatic rings. The van der Waals surface area contributed by atoms with Crippen LogP contribution in [0.1, 0.15) is 24.1 Å². The minimum atomic E-state index is -3.44. The first kappa shape index (κ1) is 17.5. The zero-order valence-electron chi connectivity index (χ0n) is 13.3. The van der Waals surface area contributed by atoms with E-state index < -0.39 is 10.0 Å². The molecule has 5 nitrogen and oxygen atoms in total. The lowest BCUT2D eigenvalue weighted by molar-refractivity contribution is 0.299. The van der Waals surface area contributed by atoms with E-state index in [9.17, 15) is 8.42 Å². The molecule has 0 aliphatic heterocycles. The normalized spacial score (nSPS) is 12.8. The summed E-state index contributed by atoms with van der Waals surface area (Å²) < 4.78 is 26.1. The van der Waals surface area contributed by atoms with E-state index in [1.807, 2.05) is 37.3 Å². The first-order valence-corrected chi connectivity index (χ1v) is 8.94. The summed E-state index contributed by atoms with van der Waals surface area (Å²) in [5, 5.41) is 12.3. The average molecular weight is 334 g/mol. The lowest BCUT2D eigenvalue weighted by Crippen LogP contribution is -2.19. The topological polar surface area (TPSA) is 78.4 Å². The molecule has 0 bridgehead atoms. The van der Waals surface area contributed by atoms with Gasteiger partial charge in [0.25, 0.3) is 0 Å². The van der Waals surface area contributed by atoms with Gasteiger partial charge < -0.3 is 10.4 Å². The van der Waals surface area contributed by atoms with Crippen LogP contribution in [-0.4, -0.2) is 27.2 Å². The number of benzene rings is 2. The maximum atomic E-state index is 11.9. The van der Waals surface area contributed by atoms with Crippen LogP contribution in [0, 0.1) is 0 Å². The van der Waals surface area contributed by atoms with Gasteiger partial charge in [0, 0.05) is 18.3 Å². The largest absolute Gasteiger partial charge is 0.396 e. The third-order valence-electron chi connectivity index (χ3n) is 3.67. The highest BCUT2D eigenvalue weighted by molar-refractivity contribution is 7.89. The van der Waals surface area contributed by atoms with Gasteiger partial charge in [0.05, 0.1) is 4.90 Å². The second-order valence-corrected chi connectivity index (χ2v) is 7.20. The zero-order valence-corrected chi connectivity index (χ0v) is 14.1. The van der Waals surface area contributed by atoms with Crippen LogP contribution >= 0.6 is 0 Å². The number of anilines is 1. The fourth-order valence-corrected chi connectivity index (χ4v) is 3.08. The van der Waals surface area contributed by atoms with Crippen LogP contribution in [0.4, 0.5) is 5.69 Å². The Morgan fingerprint density at radius 2 is 1.83 bits per heavy atom. The zero-order chi connectivity index (χ0) is 16.9. The minimum absolute atomic E-state index is 0.0364. The molecule has 6 heteroatoms. The third kappa shape index (κ3) is 4.54. The van der Waals surface area contributed by atoms with Gasteiger partial charge >= 0.3 is 0 Å². The van der Waals surface area contributed by atoms with E-state index >= 15 is 0 Å². The van der Waals surface area contributed by atoms with Crippen LogP contribution in [-0.2, 0) is 16.4 Å². The Morgan fingerprint density at radius 1 is 1.13 bits per heavy atom. The van der Waals surface area contributed by atoms with Gasteiger partial charge in [-0.15, -0.1) is 0 Å². The quantitative estimate of drug-likeness (QED) is 0.726. The molecule has 2 aromatic carbocycles. The number of hydrogen-bond donors (Lipinski definition) is 3. The van der Waals surface area contributed by atoms with E-state index in [1.165, 1.54) is 7.05 Å². The molecule has 0 aromatic heterocycles. The molecule has 2 aromatic rings. The predicted molar refractivity (Wildman–Crippen MR) is 92.0 cm³/mol. The average Bonchev–Trinajstić information content (AvgIpc) is 2.57. The van der Waals surface area contributed by atoms with E-state index in [0.717, 1.165) is 16.8 Å². The van der Waals surface area contributed by atoms with E-state index in [2.05, 4.69) is 10.0 Å². The SMILES string of the molecule is CNS(=O)(=O)c1cccc(C(C)Nc2ccc(CCO)cc2)c1. The van der Waals surface area contributed by atoms with Crippen LogP contribution in [0.5, 0.6) is 0 Å². The van der Waals surface area contributed by atoms with E-state index in [-0.39, 0.29) is 17.5 Å². The second kappa shape index (κ2) is 7.59. The lowest BCUT2D eigenvalue weighted by Gasteiger charge is -2.17. The van der Waals surface area contributed by atoms with Crippen LogP contribution in [0.15, 0.2) is 53.4 Å².